The molecule has 27 heavy (non-hydrogen) atoms. The Balaban J connectivity index is 1.72. The zero-order chi connectivity index (χ0) is 19.4. The smallest absolute Gasteiger partial charge is 0.273 e. The van der Waals surface area contributed by atoms with E-state index in [2.05, 4.69) is 15.6 Å². The van der Waals surface area contributed by atoms with Crippen molar-refractivity contribution in [1.29, 1.82) is 0 Å². The first kappa shape index (κ1) is 19.8. The van der Waals surface area contributed by atoms with E-state index in [0.717, 1.165) is 5.56 Å². The van der Waals surface area contributed by atoms with E-state index in [1.54, 1.807) is 6.26 Å². The first-order chi connectivity index (χ1) is 13.0. The van der Waals surface area contributed by atoms with E-state index in [4.69, 9.17) is 4.74 Å². The number of benzene rings is 1. The minimum Gasteiger partial charge on any atom is -0.394 e. The van der Waals surface area contributed by atoms with Crippen LogP contribution in [-0.2, 0) is 11.3 Å². The fraction of sp³-hybridized carbons (Fsp3) is 0.471. The van der Waals surface area contributed by atoms with Crippen LogP contribution in [0.1, 0.15) is 22.1 Å². The molecule has 0 spiro atoms. The standard InChI is InChI=1S/C17H22N4O5S/c1-27-17-15(24)13(14(23)12(9-22)26-17)21-8-11(19-20-21)16(25)18-7-10-5-3-2-4-6-10/h2-6,8,12-15,17,22-24H,7,9H2,1H3,(H,18,25)/t12-,13+,14+,15-,17?/m1/s1. The van der Waals surface area contributed by atoms with E-state index in [0.29, 0.717) is 6.54 Å². The highest BCUT2D eigenvalue weighted by Crippen LogP contribution is 2.33. The third-order valence-electron chi connectivity index (χ3n) is 4.43. The van der Waals surface area contributed by atoms with Crippen LogP contribution in [-0.4, -0.2) is 72.8 Å². The molecular weight excluding hydrogens is 372 g/mol. The minimum absolute atomic E-state index is 0.0677. The number of aliphatic hydroxyl groups is 3. The van der Waals surface area contributed by atoms with Crippen molar-refractivity contribution in [2.45, 2.75) is 36.3 Å². The molecule has 1 aromatic heterocycles. The van der Waals surface area contributed by atoms with Gasteiger partial charge < -0.3 is 25.4 Å². The molecule has 0 radical (unpaired) electrons. The minimum atomic E-state index is -1.20. The monoisotopic (exact) mass is 394 g/mol. The maximum absolute atomic E-state index is 12.3. The second-order valence-electron chi connectivity index (χ2n) is 6.19. The lowest BCUT2D eigenvalue weighted by Crippen LogP contribution is -2.54. The van der Waals surface area contributed by atoms with E-state index in [1.807, 2.05) is 30.3 Å². The highest BCUT2D eigenvalue weighted by Gasteiger charge is 2.45. The van der Waals surface area contributed by atoms with Crippen LogP contribution in [0.25, 0.3) is 0 Å². The first-order valence-electron chi connectivity index (χ1n) is 8.44. The highest BCUT2D eigenvalue weighted by molar-refractivity contribution is 7.99. The molecule has 146 valence electrons. The van der Waals surface area contributed by atoms with Crippen molar-refractivity contribution < 1.29 is 24.9 Å². The van der Waals surface area contributed by atoms with E-state index in [1.165, 1.54) is 22.6 Å². The van der Waals surface area contributed by atoms with E-state index < -0.39 is 42.3 Å². The van der Waals surface area contributed by atoms with Gasteiger partial charge in [-0.1, -0.05) is 35.5 Å². The number of hydrogen-bond acceptors (Lipinski definition) is 8. The lowest BCUT2D eigenvalue weighted by Gasteiger charge is -2.41. The van der Waals surface area contributed by atoms with Gasteiger partial charge in [-0.2, -0.15) is 0 Å². The molecule has 1 aromatic carbocycles. The summed E-state index contributed by atoms with van der Waals surface area (Å²) in [6.07, 6.45) is -0.0272. The molecule has 0 bridgehead atoms. The van der Waals surface area contributed by atoms with Gasteiger partial charge in [-0.15, -0.1) is 16.9 Å². The van der Waals surface area contributed by atoms with Crippen molar-refractivity contribution in [3.05, 3.63) is 47.8 Å². The molecule has 1 aliphatic heterocycles. The topological polar surface area (TPSA) is 130 Å². The molecular formula is C17H22N4O5S. The Morgan fingerprint density at radius 2 is 2.04 bits per heavy atom. The predicted molar refractivity (Wildman–Crippen MR) is 97.9 cm³/mol. The Hall–Kier alpha value is -1.98. The third-order valence-corrected chi connectivity index (χ3v) is 5.28. The van der Waals surface area contributed by atoms with Crippen molar-refractivity contribution in [2.75, 3.05) is 12.9 Å². The zero-order valence-electron chi connectivity index (χ0n) is 14.7. The Kier molecular flexibility index (Phi) is 6.45. The second-order valence-corrected chi connectivity index (χ2v) is 7.12. The quantitative estimate of drug-likeness (QED) is 0.518. The summed E-state index contributed by atoms with van der Waals surface area (Å²) in [5, 5.41) is 40.8. The van der Waals surface area contributed by atoms with E-state index in [9.17, 15) is 20.1 Å². The molecule has 10 heteroatoms. The lowest BCUT2D eigenvalue weighted by atomic mass is 9.97. The number of carbonyl (C=O) groups is 1. The Morgan fingerprint density at radius 3 is 2.70 bits per heavy atom. The number of carbonyl (C=O) groups excluding carboxylic acids is 1. The van der Waals surface area contributed by atoms with Crippen LogP contribution in [0.4, 0.5) is 0 Å². The first-order valence-corrected chi connectivity index (χ1v) is 9.73. The summed E-state index contributed by atoms with van der Waals surface area (Å²) in [6.45, 7) is -0.0588. The van der Waals surface area contributed by atoms with Crippen LogP contribution in [0.2, 0.25) is 0 Å². The summed E-state index contributed by atoms with van der Waals surface area (Å²) >= 11 is 1.26. The van der Waals surface area contributed by atoms with Gasteiger partial charge in [0.1, 0.15) is 29.8 Å². The molecule has 3 rings (SSSR count). The van der Waals surface area contributed by atoms with E-state index >= 15 is 0 Å². The third kappa shape index (κ3) is 4.30. The average Bonchev–Trinajstić information content (AvgIpc) is 3.17. The summed E-state index contributed by atoms with van der Waals surface area (Å²) < 4.78 is 6.73. The molecule has 2 aromatic rings. The van der Waals surface area contributed by atoms with Crippen molar-refractivity contribution in [2.24, 2.45) is 0 Å². The number of amides is 1. The number of nitrogens with zero attached hydrogens (tertiary/aromatic N) is 3. The second kappa shape index (κ2) is 8.81. The van der Waals surface area contributed by atoms with Gasteiger partial charge in [0, 0.05) is 6.54 Å². The van der Waals surface area contributed by atoms with Crippen molar-refractivity contribution in [1.82, 2.24) is 20.3 Å². The van der Waals surface area contributed by atoms with Gasteiger partial charge >= 0.3 is 0 Å². The van der Waals surface area contributed by atoms with Gasteiger partial charge in [0.05, 0.1) is 12.8 Å². The molecule has 0 aliphatic carbocycles. The van der Waals surface area contributed by atoms with Gasteiger partial charge in [0.15, 0.2) is 5.69 Å². The average molecular weight is 394 g/mol. The van der Waals surface area contributed by atoms with Crippen LogP contribution in [0.5, 0.6) is 0 Å². The fourth-order valence-electron chi connectivity index (χ4n) is 2.97. The van der Waals surface area contributed by atoms with Crippen LogP contribution >= 0.6 is 11.8 Å². The van der Waals surface area contributed by atoms with Crippen LogP contribution in [0, 0.1) is 0 Å². The molecule has 5 atom stereocenters. The van der Waals surface area contributed by atoms with Crippen LogP contribution < -0.4 is 5.32 Å². The van der Waals surface area contributed by atoms with Crippen LogP contribution in [0.3, 0.4) is 0 Å². The molecule has 1 aliphatic rings. The van der Waals surface area contributed by atoms with Gasteiger partial charge in [-0.25, -0.2) is 4.68 Å². The molecule has 1 unspecified atom stereocenters. The van der Waals surface area contributed by atoms with Gasteiger partial charge in [0.2, 0.25) is 0 Å². The number of hydrogen-bond donors (Lipinski definition) is 4. The maximum Gasteiger partial charge on any atom is 0.273 e. The summed E-state index contributed by atoms with van der Waals surface area (Å²) in [5.74, 6) is -0.415. The van der Waals surface area contributed by atoms with Crippen molar-refractivity contribution >= 4 is 17.7 Å². The van der Waals surface area contributed by atoms with Gasteiger partial charge in [0.25, 0.3) is 5.91 Å². The molecule has 1 fully saturated rings. The SMILES string of the molecule is CSC1O[C@H](CO)[C@H](O)[C@H](n2cc(C(=O)NCc3ccccc3)nn2)[C@H]1O. The molecule has 9 nitrogen and oxygen atoms in total. The number of ether oxygens (including phenoxy) is 1. The highest BCUT2D eigenvalue weighted by atomic mass is 32.2. The fourth-order valence-corrected chi connectivity index (χ4v) is 3.66. The summed E-state index contributed by atoms with van der Waals surface area (Å²) in [7, 11) is 0. The summed E-state index contributed by atoms with van der Waals surface area (Å²) in [4.78, 5) is 12.3. The van der Waals surface area contributed by atoms with Gasteiger partial charge in [-0.3, -0.25) is 4.79 Å². The van der Waals surface area contributed by atoms with Crippen molar-refractivity contribution in [3.63, 3.8) is 0 Å². The molecule has 1 amide bonds. The molecule has 0 saturated carbocycles. The molecule has 1 saturated heterocycles. The Morgan fingerprint density at radius 1 is 1.30 bits per heavy atom. The largest absolute Gasteiger partial charge is 0.394 e. The zero-order valence-corrected chi connectivity index (χ0v) is 15.5. The Bertz CT molecular complexity index is 743. The molecule has 2 heterocycles. The number of aliphatic hydroxyl groups excluding tert-OH is 3. The normalized spacial score (nSPS) is 28.1. The number of rotatable bonds is 6. The predicted octanol–water partition coefficient (Wildman–Crippen LogP) is -0.449. The summed E-state index contributed by atoms with van der Waals surface area (Å²) in [5.41, 5.74) is 0.371. The molecule has 4 N–H and O–H groups in total. The van der Waals surface area contributed by atoms with Crippen molar-refractivity contribution in [3.8, 4) is 0 Å². The number of aromatic nitrogens is 3. The lowest BCUT2D eigenvalue weighted by molar-refractivity contribution is -0.178. The number of nitrogens with one attached hydrogen (secondary N) is 1. The van der Waals surface area contributed by atoms with Crippen LogP contribution in [0.15, 0.2) is 36.5 Å². The van der Waals surface area contributed by atoms with Gasteiger partial charge in [-0.05, 0) is 11.8 Å². The number of thioether (sulfide) groups is 1. The maximum atomic E-state index is 12.3. The van der Waals surface area contributed by atoms with E-state index in [-0.39, 0.29) is 5.69 Å². The summed E-state index contributed by atoms with van der Waals surface area (Å²) in [6, 6.07) is 8.55. The Labute approximate surface area is 160 Å².